The number of hydrogen-bond acceptors (Lipinski definition) is 5. The summed E-state index contributed by atoms with van der Waals surface area (Å²) in [4.78, 5) is 24.3. The van der Waals surface area contributed by atoms with Crippen LogP contribution in [-0.4, -0.2) is 32.5 Å². The molecule has 144 valence electrons. The molecule has 4 N–H and O–H groups in total. The Morgan fingerprint density at radius 1 is 1.11 bits per heavy atom. The molecule has 2 amide bonds. The second kappa shape index (κ2) is 8.32. The van der Waals surface area contributed by atoms with Crippen molar-refractivity contribution in [2.24, 2.45) is 5.73 Å². The van der Waals surface area contributed by atoms with Crippen LogP contribution in [0.2, 0.25) is 0 Å². The lowest BCUT2D eigenvalue weighted by Gasteiger charge is -2.12. The molecule has 0 saturated carbocycles. The highest BCUT2D eigenvalue weighted by Crippen LogP contribution is 2.21. The van der Waals surface area contributed by atoms with E-state index in [1.54, 1.807) is 38.1 Å². The Morgan fingerprint density at radius 2 is 1.81 bits per heavy atom. The summed E-state index contributed by atoms with van der Waals surface area (Å²) in [5, 5.41) is 5.50. The number of aryl methyl sites for hydroxylation is 1. The van der Waals surface area contributed by atoms with Gasteiger partial charge in [0.15, 0.2) is 9.84 Å². The molecule has 7 nitrogen and oxygen atoms in total. The molecule has 2 aromatic rings. The number of hydrogen-bond donors (Lipinski definition) is 3. The van der Waals surface area contributed by atoms with Crippen LogP contribution in [0.1, 0.15) is 29.3 Å². The fourth-order valence-electron chi connectivity index (χ4n) is 2.45. The molecule has 27 heavy (non-hydrogen) atoms. The maximum atomic E-state index is 12.4. The molecule has 0 saturated heterocycles. The summed E-state index contributed by atoms with van der Waals surface area (Å²) in [5.41, 5.74) is 7.77. The maximum Gasteiger partial charge on any atom is 0.255 e. The minimum Gasteiger partial charge on any atom is -0.327 e. The fourth-order valence-corrected chi connectivity index (χ4v) is 3.12. The van der Waals surface area contributed by atoms with Crippen molar-refractivity contribution in [3.8, 4) is 0 Å². The lowest BCUT2D eigenvalue weighted by molar-refractivity contribution is -0.116. The zero-order chi connectivity index (χ0) is 20.2. The van der Waals surface area contributed by atoms with Gasteiger partial charge in [0, 0.05) is 35.7 Å². The zero-order valence-electron chi connectivity index (χ0n) is 15.4. The van der Waals surface area contributed by atoms with Gasteiger partial charge < -0.3 is 16.4 Å². The SMILES string of the molecule is Cc1cc(NC(=O)CC(C)N)ccc1NC(=O)c1cccc(S(C)(=O)=O)c1. The normalized spacial score (nSPS) is 12.3. The summed E-state index contributed by atoms with van der Waals surface area (Å²) in [6.07, 6.45) is 1.31. The molecule has 0 radical (unpaired) electrons. The molecular formula is C19H23N3O4S. The van der Waals surface area contributed by atoms with E-state index < -0.39 is 15.7 Å². The van der Waals surface area contributed by atoms with Crippen LogP contribution in [0.4, 0.5) is 11.4 Å². The van der Waals surface area contributed by atoms with E-state index in [1.165, 1.54) is 18.2 Å². The Labute approximate surface area is 158 Å². The van der Waals surface area contributed by atoms with Crippen molar-refractivity contribution in [2.75, 3.05) is 16.9 Å². The van der Waals surface area contributed by atoms with E-state index in [1.807, 2.05) is 0 Å². The fraction of sp³-hybridized carbons (Fsp3) is 0.263. The Morgan fingerprint density at radius 3 is 2.41 bits per heavy atom. The highest BCUT2D eigenvalue weighted by Gasteiger charge is 2.13. The number of nitrogens with two attached hydrogens (primary N) is 1. The molecule has 8 heteroatoms. The van der Waals surface area contributed by atoms with E-state index in [2.05, 4.69) is 10.6 Å². The van der Waals surface area contributed by atoms with Gasteiger partial charge in [0.05, 0.1) is 4.90 Å². The van der Waals surface area contributed by atoms with E-state index in [9.17, 15) is 18.0 Å². The number of anilines is 2. The number of rotatable bonds is 6. The topological polar surface area (TPSA) is 118 Å². The van der Waals surface area contributed by atoms with E-state index in [0.717, 1.165) is 11.8 Å². The van der Waals surface area contributed by atoms with Gasteiger partial charge in [-0.3, -0.25) is 9.59 Å². The lowest BCUT2D eigenvalue weighted by Crippen LogP contribution is -2.24. The van der Waals surface area contributed by atoms with Crippen molar-refractivity contribution in [3.05, 3.63) is 53.6 Å². The molecule has 0 aromatic heterocycles. The first kappa shape index (κ1) is 20.6. The first-order chi connectivity index (χ1) is 12.6. The molecular weight excluding hydrogens is 366 g/mol. The average molecular weight is 389 g/mol. The average Bonchev–Trinajstić information content (AvgIpc) is 2.55. The van der Waals surface area contributed by atoms with Crippen LogP contribution in [0.25, 0.3) is 0 Å². The van der Waals surface area contributed by atoms with Crippen molar-refractivity contribution in [1.29, 1.82) is 0 Å². The number of carbonyl (C=O) groups is 2. The van der Waals surface area contributed by atoms with Gasteiger partial charge >= 0.3 is 0 Å². The standard InChI is InChI=1S/C19H23N3O4S/c1-12-9-15(21-18(23)10-13(2)20)7-8-17(12)22-19(24)14-5-4-6-16(11-14)27(3,25)26/h4-9,11,13H,10,20H2,1-3H3,(H,21,23)(H,22,24). The third kappa shape index (κ3) is 5.90. The summed E-state index contributed by atoms with van der Waals surface area (Å²) in [6, 6.07) is 10.7. The number of amides is 2. The molecule has 0 fully saturated rings. The molecule has 0 spiro atoms. The Balaban J connectivity index is 2.14. The second-order valence-electron chi connectivity index (χ2n) is 6.51. The Kier molecular flexibility index (Phi) is 6.35. The first-order valence-corrected chi connectivity index (χ1v) is 10.2. The third-order valence-corrected chi connectivity index (χ3v) is 4.90. The summed E-state index contributed by atoms with van der Waals surface area (Å²) < 4.78 is 23.3. The van der Waals surface area contributed by atoms with Gasteiger partial charge in [-0.25, -0.2) is 8.42 Å². The largest absolute Gasteiger partial charge is 0.327 e. The highest BCUT2D eigenvalue weighted by atomic mass is 32.2. The monoisotopic (exact) mass is 389 g/mol. The molecule has 0 aliphatic carbocycles. The molecule has 0 heterocycles. The Hall–Kier alpha value is -2.71. The van der Waals surface area contributed by atoms with Gasteiger partial charge in [0.2, 0.25) is 5.91 Å². The minimum absolute atomic E-state index is 0.0825. The van der Waals surface area contributed by atoms with Crippen LogP contribution in [0.15, 0.2) is 47.4 Å². The predicted molar refractivity (Wildman–Crippen MR) is 106 cm³/mol. The predicted octanol–water partition coefficient (Wildman–Crippen LogP) is 2.33. The van der Waals surface area contributed by atoms with Crippen LogP contribution in [0, 0.1) is 6.92 Å². The van der Waals surface area contributed by atoms with Crippen molar-refractivity contribution in [1.82, 2.24) is 0 Å². The number of carbonyl (C=O) groups excluding carboxylic acids is 2. The lowest BCUT2D eigenvalue weighted by atomic mass is 10.1. The molecule has 1 atom stereocenters. The molecule has 0 bridgehead atoms. The van der Waals surface area contributed by atoms with Crippen molar-refractivity contribution < 1.29 is 18.0 Å². The van der Waals surface area contributed by atoms with E-state index >= 15 is 0 Å². The van der Waals surface area contributed by atoms with Crippen molar-refractivity contribution >= 4 is 33.0 Å². The summed E-state index contributed by atoms with van der Waals surface area (Å²) in [5.74, 6) is -0.601. The van der Waals surface area contributed by atoms with Crippen molar-refractivity contribution in [3.63, 3.8) is 0 Å². The summed E-state index contributed by atoms with van der Waals surface area (Å²) in [7, 11) is -3.39. The van der Waals surface area contributed by atoms with Crippen LogP contribution < -0.4 is 16.4 Å². The van der Waals surface area contributed by atoms with Crippen LogP contribution >= 0.6 is 0 Å². The maximum absolute atomic E-state index is 12.4. The summed E-state index contributed by atoms with van der Waals surface area (Å²) in [6.45, 7) is 3.55. The van der Waals surface area contributed by atoms with Crippen LogP contribution in [0.3, 0.4) is 0 Å². The number of benzene rings is 2. The molecule has 2 aromatic carbocycles. The van der Waals surface area contributed by atoms with Gasteiger partial charge in [-0.2, -0.15) is 0 Å². The van der Waals surface area contributed by atoms with Gasteiger partial charge in [-0.05, 0) is 55.8 Å². The molecule has 0 aliphatic heterocycles. The van der Waals surface area contributed by atoms with Gasteiger partial charge in [0.1, 0.15) is 0 Å². The Bertz CT molecular complexity index is 969. The van der Waals surface area contributed by atoms with Crippen LogP contribution in [0.5, 0.6) is 0 Å². The van der Waals surface area contributed by atoms with Gasteiger partial charge in [-0.1, -0.05) is 6.07 Å². The quantitative estimate of drug-likeness (QED) is 0.701. The van der Waals surface area contributed by atoms with E-state index in [4.69, 9.17) is 5.73 Å². The summed E-state index contributed by atoms with van der Waals surface area (Å²) >= 11 is 0. The zero-order valence-corrected chi connectivity index (χ0v) is 16.3. The van der Waals surface area contributed by atoms with Crippen molar-refractivity contribution in [2.45, 2.75) is 31.2 Å². The number of nitrogens with one attached hydrogen (secondary N) is 2. The van der Waals surface area contributed by atoms with E-state index in [0.29, 0.717) is 11.4 Å². The van der Waals surface area contributed by atoms with E-state index in [-0.39, 0.29) is 28.8 Å². The highest BCUT2D eigenvalue weighted by molar-refractivity contribution is 7.90. The molecule has 0 aliphatic rings. The molecule has 2 rings (SSSR count). The number of sulfone groups is 1. The van der Waals surface area contributed by atoms with Crippen LogP contribution in [-0.2, 0) is 14.6 Å². The molecule has 1 unspecified atom stereocenters. The first-order valence-electron chi connectivity index (χ1n) is 8.34. The minimum atomic E-state index is -3.39. The smallest absolute Gasteiger partial charge is 0.255 e. The second-order valence-corrected chi connectivity index (χ2v) is 8.53. The van der Waals surface area contributed by atoms with Gasteiger partial charge in [0.25, 0.3) is 5.91 Å². The van der Waals surface area contributed by atoms with Gasteiger partial charge in [-0.15, -0.1) is 0 Å². The third-order valence-electron chi connectivity index (χ3n) is 3.79.